The van der Waals surface area contributed by atoms with E-state index < -0.39 is 15.9 Å². The second-order valence-corrected chi connectivity index (χ2v) is 11.7. The molecule has 2 aliphatic rings. The van der Waals surface area contributed by atoms with Crippen molar-refractivity contribution in [2.45, 2.75) is 43.9 Å². The first-order valence-corrected chi connectivity index (χ1v) is 13.5. The van der Waals surface area contributed by atoms with Gasteiger partial charge < -0.3 is 11.1 Å². The zero-order valence-corrected chi connectivity index (χ0v) is 20.4. The molecular formula is C23H30N4O4S2. The fourth-order valence-corrected chi connectivity index (χ4v) is 7.27. The molecule has 1 aromatic heterocycles. The van der Waals surface area contributed by atoms with Crippen LogP contribution in [0.15, 0.2) is 29.2 Å². The van der Waals surface area contributed by atoms with Crippen LogP contribution in [0.1, 0.15) is 45.6 Å². The Morgan fingerprint density at radius 3 is 2.48 bits per heavy atom. The van der Waals surface area contributed by atoms with E-state index in [2.05, 4.69) is 5.32 Å². The van der Waals surface area contributed by atoms with Gasteiger partial charge in [-0.2, -0.15) is 4.31 Å². The lowest BCUT2D eigenvalue weighted by molar-refractivity contribution is -0.117. The molecule has 0 saturated carbocycles. The quantitative estimate of drug-likeness (QED) is 0.646. The summed E-state index contributed by atoms with van der Waals surface area (Å²) in [6.45, 7) is 3.88. The Balaban J connectivity index is 1.39. The molecule has 178 valence electrons. The number of nitrogens with two attached hydrogens (primary N) is 1. The Morgan fingerprint density at radius 2 is 1.76 bits per heavy atom. The summed E-state index contributed by atoms with van der Waals surface area (Å²) < 4.78 is 27.5. The normalized spacial score (nSPS) is 17.8. The number of carbonyl (C=O) groups is 2. The molecule has 3 N–H and O–H groups in total. The number of hydrogen-bond donors (Lipinski definition) is 2. The van der Waals surface area contributed by atoms with Gasteiger partial charge in [0.2, 0.25) is 15.9 Å². The number of carbonyl (C=O) groups excluding carboxylic acids is 2. The van der Waals surface area contributed by atoms with Crippen molar-refractivity contribution in [2.75, 3.05) is 38.0 Å². The van der Waals surface area contributed by atoms with Gasteiger partial charge in [-0.15, -0.1) is 11.3 Å². The van der Waals surface area contributed by atoms with Crippen molar-refractivity contribution < 1.29 is 18.0 Å². The Hall–Kier alpha value is -2.27. The molecular weight excluding hydrogens is 460 g/mol. The van der Waals surface area contributed by atoms with Crippen molar-refractivity contribution in [1.29, 1.82) is 0 Å². The highest BCUT2D eigenvalue weighted by Gasteiger charge is 2.28. The minimum atomic E-state index is -3.56. The first-order chi connectivity index (χ1) is 15.8. The Kier molecular flexibility index (Phi) is 7.18. The zero-order valence-electron chi connectivity index (χ0n) is 18.8. The number of sulfonamides is 1. The first-order valence-electron chi connectivity index (χ1n) is 11.3. The molecule has 0 bridgehead atoms. The van der Waals surface area contributed by atoms with E-state index in [4.69, 9.17) is 5.73 Å². The monoisotopic (exact) mass is 490 g/mol. The maximum atomic E-state index is 13.0. The highest BCUT2D eigenvalue weighted by Crippen LogP contribution is 2.37. The van der Waals surface area contributed by atoms with E-state index in [1.165, 1.54) is 15.6 Å². The number of amides is 2. The molecule has 2 aromatic rings. The van der Waals surface area contributed by atoms with Crippen LogP contribution in [-0.4, -0.2) is 62.2 Å². The summed E-state index contributed by atoms with van der Waals surface area (Å²) in [4.78, 5) is 28.2. The van der Waals surface area contributed by atoms with Gasteiger partial charge in [0.05, 0.1) is 17.0 Å². The van der Waals surface area contributed by atoms with E-state index in [-0.39, 0.29) is 12.5 Å². The van der Waals surface area contributed by atoms with Gasteiger partial charge in [0.1, 0.15) is 5.00 Å². The molecule has 8 nitrogen and oxygen atoms in total. The van der Waals surface area contributed by atoms with E-state index >= 15 is 0 Å². The number of fused-ring (bicyclic) bond motifs is 1. The van der Waals surface area contributed by atoms with Crippen LogP contribution in [0.4, 0.5) is 5.00 Å². The van der Waals surface area contributed by atoms with Gasteiger partial charge in [0.15, 0.2) is 0 Å². The van der Waals surface area contributed by atoms with Gasteiger partial charge in [-0.05, 0) is 63.3 Å². The maximum absolute atomic E-state index is 13.0. The summed E-state index contributed by atoms with van der Waals surface area (Å²) in [5.74, 6) is -0.720. The second-order valence-electron chi connectivity index (χ2n) is 8.67. The molecule has 33 heavy (non-hydrogen) atoms. The van der Waals surface area contributed by atoms with E-state index in [0.717, 1.165) is 41.7 Å². The Labute approximate surface area is 198 Å². The topological polar surface area (TPSA) is 113 Å². The van der Waals surface area contributed by atoms with Crippen molar-refractivity contribution >= 4 is 38.2 Å². The molecule has 4 rings (SSSR count). The van der Waals surface area contributed by atoms with Crippen molar-refractivity contribution in [3.05, 3.63) is 45.8 Å². The first kappa shape index (κ1) is 23.9. The van der Waals surface area contributed by atoms with E-state index in [1.807, 2.05) is 11.8 Å². The summed E-state index contributed by atoms with van der Waals surface area (Å²) >= 11 is 1.45. The molecule has 0 unspecified atom stereocenters. The second kappa shape index (κ2) is 9.92. The number of benzene rings is 1. The summed E-state index contributed by atoms with van der Waals surface area (Å²) in [6.07, 6.45) is 4.46. The van der Waals surface area contributed by atoms with Crippen LogP contribution in [0.5, 0.6) is 0 Å². The molecule has 1 fully saturated rings. The summed E-state index contributed by atoms with van der Waals surface area (Å²) in [6, 6.07) is 6.86. The van der Waals surface area contributed by atoms with E-state index in [1.54, 1.807) is 24.3 Å². The number of nitrogens with one attached hydrogen (secondary N) is 1. The number of primary amides is 1. The number of hydrogen-bond acceptors (Lipinski definition) is 6. The van der Waals surface area contributed by atoms with Crippen LogP contribution in [0, 0.1) is 6.92 Å². The van der Waals surface area contributed by atoms with Crippen molar-refractivity contribution in [3.8, 4) is 0 Å². The van der Waals surface area contributed by atoms with Gasteiger partial charge in [-0.1, -0.05) is 17.7 Å². The van der Waals surface area contributed by atoms with Crippen LogP contribution in [0.2, 0.25) is 0 Å². The van der Waals surface area contributed by atoms with Gasteiger partial charge in [-0.3, -0.25) is 14.5 Å². The molecule has 1 aliphatic carbocycles. The number of nitrogens with zero attached hydrogens (tertiary/aromatic N) is 2. The number of anilines is 1. The van der Waals surface area contributed by atoms with Crippen LogP contribution in [-0.2, 0) is 27.7 Å². The third kappa shape index (κ3) is 5.29. The molecule has 0 atom stereocenters. The van der Waals surface area contributed by atoms with Gasteiger partial charge >= 0.3 is 0 Å². The molecule has 2 amide bonds. The van der Waals surface area contributed by atoms with Crippen molar-refractivity contribution in [1.82, 2.24) is 9.21 Å². The molecule has 0 spiro atoms. The molecule has 1 saturated heterocycles. The average Bonchev–Trinajstić information content (AvgIpc) is 2.96. The fourth-order valence-electron chi connectivity index (χ4n) is 4.49. The van der Waals surface area contributed by atoms with E-state index in [0.29, 0.717) is 48.1 Å². The lowest BCUT2D eigenvalue weighted by atomic mass is 9.95. The summed E-state index contributed by atoms with van der Waals surface area (Å²) in [5, 5.41) is 3.43. The zero-order chi connectivity index (χ0) is 23.6. The molecule has 0 radical (unpaired) electrons. The predicted molar refractivity (Wildman–Crippen MR) is 129 cm³/mol. The fraction of sp³-hybridized carbons (Fsp3) is 0.478. The highest BCUT2D eigenvalue weighted by molar-refractivity contribution is 7.89. The molecule has 2 heterocycles. The van der Waals surface area contributed by atoms with Gasteiger partial charge in [-0.25, -0.2) is 8.42 Å². The average molecular weight is 491 g/mol. The Bertz CT molecular complexity index is 1140. The lowest BCUT2D eigenvalue weighted by Gasteiger charge is -2.21. The summed E-state index contributed by atoms with van der Waals surface area (Å²) in [7, 11) is -3.56. The van der Waals surface area contributed by atoms with Crippen LogP contribution < -0.4 is 11.1 Å². The standard InChI is InChI=1S/C23H30N4O4S2/c1-16-7-9-17(10-8-16)33(30,31)27-12-4-11-26(13-14-27)15-20(28)25-23-21(22(24)29)18-5-2-3-6-19(18)32-23/h7-10H,2-6,11-15H2,1H3,(H2,24,29)(H,25,28). The van der Waals surface area contributed by atoms with Gasteiger partial charge in [0.25, 0.3) is 5.91 Å². The SMILES string of the molecule is Cc1ccc(S(=O)(=O)N2CCCN(CC(=O)Nc3sc4c(c3C(N)=O)CCCC4)CC2)cc1. The lowest BCUT2D eigenvalue weighted by Crippen LogP contribution is -2.38. The summed E-state index contributed by atoms with van der Waals surface area (Å²) in [5.41, 5.74) is 8.07. The largest absolute Gasteiger partial charge is 0.365 e. The van der Waals surface area contributed by atoms with Crippen LogP contribution in [0.25, 0.3) is 0 Å². The molecule has 1 aliphatic heterocycles. The third-order valence-electron chi connectivity index (χ3n) is 6.24. The number of thiophene rings is 1. The maximum Gasteiger partial charge on any atom is 0.251 e. The van der Waals surface area contributed by atoms with Crippen molar-refractivity contribution in [2.24, 2.45) is 5.73 Å². The number of aryl methyl sites for hydroxylation is 2. The van der Waals surface area contributed by atoms with Crippen LogP contribution in [0.3, 0.4) is 0 Å². The van der Waals surface area contributed by atoms with Crippen LogP contribution >= 0.6 is 11.3 Å². The minimum Gasteiger partial charge on any atom is -0.365 e. The molecule has 1 aromatic carbocycles. The smallest absolute Gasteiger partial charge is 0.251 e. The van der Waals surface area contributed by atoms with Crippen molar-refractivity contribution in [3.63, 3.8) is 0 Å². The third-order valence-corrected chi connectivity index (χ3v) is 9.36. The highest BCUT2D eigenvalue weighted by atomic mass is 32.2. The number of rotatable bonds is 6. The molecule has 10 heteroatoms. The minimum absolute atomic E-state index is 0.138. The Morgan fingerprint density at radius 1 is 1.03 bits per heavy atom. The van der Waals surface area contributed by atoms with E-state index in [9.17, 15) is 18.0 Å². The van der Waals surface area contributed by atoms with Gasteiger partial charge in [0, 0.05) is 24.5 Å². The predicted octanol–water partition coefficient (Wildman–Crippen LogP) is 2.37.